The van der Waals surface area contributed by atoms with E-state index in [-0.39, 0.29) is 103 Å². The van der Waals surface area contributed by atoms with E-state index in [1.165, 1.54) is 54.8 Å². The number of carboxylic acids is 1. The van der Waals surface area contributed by atoms with Crippen LogP contribution in [0.5, 0.6) is 5.75 Å². The summed E-state index contributed by atoms with van der Waals surface area (Å²) in [7, 11) is 1.61. The molecule has 6 rings (SSSR count). The minimum Gasteiger partial charge on any atom is -0.508 e. The number of unbranched alkanes of at least 4 members (excludes halogenated alkanes) is 2. The van der Waals surface area contributed by atoms with Gasteiger partial charge in [0, 0.05) is 44.0 Å². The van der Waals surface area contributed by atoms with Crippen LogP contribution < -0.4 is 97.0 Å². The topological polar surface area (TPSA) is 670 Å². The molecule has 0 aromatic heterocycles. The van der Waals surface area contributed by atoms with Crippen LogP contribution in [0.2, 0.25) is 0 Å². The van der Waals surface area contributed by atoms with E-state index in [0.29, 0.717) is 37.7 Å². The van der Waals surface area contributed by atoms with Crippen LogP contribution in [0.3, 0.4) is 0 Å². The number of aliphatic hydroxyl groups is 1. The summed E-state index contributed by atoms with van der Waals surface area (Å²) in [4.78, 5) is 295. The number of aliphatic carboxylic acids is 1. The Bertz CT molecular complexity index is 4230. The normalized spacial score (nSPS) is 27.9. The minimum atomic E-state index is -1.88. The second-order valence-electron chi connectivity index (χ2n) is 35.0. The van der Waals surface area contributed by atoms with E-state index in [4.69, 9.17) is 17.2 Å². The number of nitrogens with zero attached hydrogens (tertiary/aromatic N) is 3. The number of carbonyl (C=O) groups excluding carboxylic acids is 19. The molecule has 5 aliphatic rings. The fourth-order valence-corrected chi connectivity index (χ4v) is 18.2. The Labute approximate surface area is 775 Å². The first-order valence-electron chi connectivity index (χ1n) is 45.6. The van der Waals surface area contributed by atoms with Gasteiger partial charge in [-0.15, -0.1) is 0 Å². The van der Waals surface area contributed by atoms with Crippen molar-refractivity contribution >= 4 is 140 Å². The van der Waals surface area contributed by atoms with E-state index in [9.17, 15) is 87.2 Å². The van der Waals surface area contributed by atoms with Gasteiger partial charge in [0.1, 0.15) is 102 Å². The van der Waals surface area contributed by atoms with Crippen LogP contribution in [0, 0.1) is 29.6 Å². The molecule has 736 valence electrons. The monoisotopic (exact) mass is 1900 g/mol. The van der Waals surface area contributed by atoms with Crippen LogP contribution in [0.1, 0.15) is 190 Å². The van der Waals surface area contributed by atoms with Crippen molar-refractivity contribution in [2.24, 2.45) is 46.8 Å². The van der Waals surface area contributed by atoms with Crippen molar-refractivity contribution in [3.63, 3.8) is 0 Å². The van der Waals surface area contributed by atoms with Gasteiger partial charge in [-0.25, -0.2) is 0 Å². The molecule has 19 amide bonds. The van der Waals surface area contributed by atoms with Gasteiger partial charge in [-0.05, 0) is 144 Å². The Morgan fingerprint density at radius 2 is 0.795 bits per heavy atom. The van der Waals surface area contributed by atoms with Crippen molar-refractivity contribution in [2.45, 2.75) is 288 Å². The van der Waals surface area contributed by atoms with E-state index >= 15 is 24.0 Å². The summed E-state index contributed by atoms with van der Waals surface area (Å²) in [6.07, 6.45) is -0.0823. The van der Waals surface area contributed by atoms with Crippen molar-refractivity contribution in [2.75, 3.05) is 63.9 Å². The number of benzene rings is 1. The van der Waals surface area contributed by atoms with Gasteiger partial charge in [0.2, 0.25) is 112 Å². The Hall–Kier alpha value is -11.0. The quantitative estimate of drug-likeness (QED) is 0.0342. The Morgan fingerprint density at radius 1 is 0.409 bits per heavy atom. The third-order valence-electron chi connectivity index (χ3n) is 24.3. The maximum atomic E-state index is 15.6. The molecule has 44 nitrogen and oxygen atoms in total. The number of phenolic OH excluding ortho intramolecular Hbond substituents is 1. The maximum Gasteiger partial charge on any atom is 0.305 e. The lowest BCUT2D eigenvalue weighted by atomic mass is 9.96. The van der Waals surface area contributed by atoms with Crippen LogP contribution in [0.25, 0.3) is 0 Å². The second-order valence-corrected chi connectivity index (χ2v) is 37.5. The fraction of sp³-hybridized carbons (Fsp3) is 0.698. The van der Waals surface area contributed by atoms with Gasteiger partial charge in [0.05, 0.1) is 26.1 Å². The van der Waals surface area contributed by atoms with Crippen molar-refractivity contribution in [3.05, 3.63) is 29.8 Å². The molecular weight excluding hydrogens is 1760 g/mol. The maximum absolute atomic E-state index is 15.6. The summed E-state index contributed by atoms with van der Waals surface area (Å²) in [5.41, 5.74) is 17.7. The first kappa shape index (κ1) is 110. The molecule has 0 saturated carbocycles. The standard InChI is InChI=1S/C86H137N21O23S2/c1-11-46(8)68-82(126)94-52(22-15-17-33-88)73(117)101-67(45(6)7)85(129)106-35-19-24-60(106)80(124)97-55(38-65(113)114)71(115)90-40-64(112)100-66(44(4)5)81(125)95-53(30-31-62(89)110)74(118)102-69(47(9)12-2)83(127)99-58-43-132-131-42-57(78(122)103-68)92-63(111)39-91-79(123)59-23-18-34-105(59)84(128)61-25-20-36-107(61)86(130)70(48(10)13-3)104-76(120)56(41-108)98-72(116)51(21-14-16-32-87)93-75(119)54(96-77(58)121)37-49-26-28-50(109)29-27-49/h26-29,44-48,51-61,66-70,108-109H,11-25,30-43,87-88H2,1-10H3,(H2,89,110)(H,90,115)(H,91,123)(H,92,111)(H,93,119)(H,94,126)(H,95,125)(H,96,121)(H,97,124)(H,98,116)(H,99,127)(H,100,112)(H,101,117)(H,102,118)(H,103,122)(H,104,120)(H,113,114)/t46-,47-,48-,51-,52-,53-,54-,55-,56-,57-,58-,59-,60-,61-,66-,67-,68-,69-,70-/m0/s1. The molecular formula is C86H137N21O23S2. The van der Waals surface area contributed by atoms with E-state index in [2.05, 4.69) is 79.8 Å². The van der Waals surface area contributed by atoms with Crippen molar-refractivity contribution in [1.82, 2.24) is 94.5 Å². The number of primary amides is 1. The predicted octanol–water partition coefficient (Wildman–Crippen LogP) is -4.71. The van der Waals surface area contributed by atoms with E-state index in [1.807, 2.05) is 0 Å². The van der Waals surface area contributed by atoms with Gasteiger partial charge < -0.3 is 127 Å². The van der Waals surface area contributed by atoms with Crippen LogP contribution >= 0.6 is 21.6 Å². The first-order valence-corrected chi connectivity index (χ1v) is 48.0. The number of carboxylic acid groups (broad SMARTS) is 1. The summed E-state index contributed by atoms with van der Waals surface area (Å²) in [6, 6.07) is -19.6. The molecule has 0 unspecified atom stereocenters. The van der Waals surface area contributed by atoms with Gasteiger partial charge in [-0.2, -0.15) is 0 Å². The lowest BCUT2D eigenvalue weighted by Crippen LogP contribution is -2.62. The molecule has 1 aromatic carbocycles. The number of nitrogens with two attached hydrogens (primary N) is 3. The molecule has 5 saturated heterocycles. The number of aromatic hydroxyl groups is 1. The summed E-state index contributed by atoms with van der Waals surface area (Å²) in [5, 5.41) is 70.1. The lowest BCUT2D eigenvalue weighted by Gasteiger charge is -2.34. The Balaban J connectivity index is 1.55. The molecule has 0 radical (unpaired) electrons. The fourth-order valence-electron chi connectivity index (χ4n) is 15.8. The minimum absolute atomic E-state index is 0.000938. The predicted molar refractivity (Wildman–Crippen MR) is 484 cm³/mol. The largest absolute Gasteiger partial charge is 0.508 e. The molecule has 2 bridgehead atoms. The van der Waals surface area contributed by atoms with Crippen molar-refractivity contribution < 1.29 is 111 Å². The first-order chi connectivity index (χ1) is 62.6. The van der Waals surface area contributed by atoms with Gasteiger partial charge >= 0.3 is 5.97 Å². The summed E-state index contributed by atoms with van der Waals surface area (Å²) in [5.74, 6) is -25.0. The highest BCUT2D eigenvalue weighted by Crippen LogP contribution is 2.30. The van der Waals surface area contributed by atoms with E-state index in [0.717, 1.165) is 26.5 Å². The second kappa shape index (κ2) is 54.2. The number of phenols is 1. The van der Waals surface area contributed by atoms with Gasteiger partial charge in [0.15, 0.2) is 0 Å². The third-order valence-corrected chi connectivity index (χ3v) is 26.8. The molecule has 46 heteroatoms. The number of amides is 19. The zero-order valence-corrected chi connectivity index (χ0v) is 78.5. The zero-order valence-electron chi connectivity index (χ0n) is 76.8. The van der Waals surface area contributed by atoms with Crippen LogP contribution in [0.15, 0.2) is 24.3 Å². The molecule has 5 aliphatic heterocycles. The molecule has 24 N–H and O–H groups in total. The van der Waals surface area contributed by atoms with Gasteiger partial charge in [-0.1, -0.05) is 122 Å². The highest BCUT2D eigenvalue weighted by molar-refractivity contribution is 8.76. The van der Waals surface area contributed by atoms with Crippen LogP contribution in [-0.4, -0.2) is 309 Å². The molecule has 0 aliphatic carbocycles. The number of hydrogen-bond donors (Lipinski definition) is 21. The zero-order chi connectivity index (χ0) is 97.9. The number of carbonyl (C=O) groups is 20. The number of fused-ring (bicyclic) bond motifs is 8. The average molecular weight is 1900 g/mol. The molecule has 1 aromatic rings. The van der Waals surface area contributed by atoms with E-state index < -0.39 is 301 Å². The SMILES string of the molecule is CC[C@H](C)[C@@H]1NC(=O)[C@H](CCC(N)=O)NC(=O)[C@H](C(C)C)NC(=O)CNC(=O)[C@H](CC(=O)O)NC(=O)[C@@H]2CCCN2C(=O)[C@H](C(C)C)NC(=O)[C@H](CCCCN)NC(=O)[C@H]([C@@H](C)CC)NC(=O)[C@@H]2CSSC[C@H](NC1=O)C(=O)N[C@@H](Cc1ccc(O)cc1)C(=O)N[C@@H](CCCCN)C(=O)N[C@@H](CO)C(=O)N[C@@H]([C@@H](C)CC)C(=O)N1CCC[C@H]1C(=O)N1CCC[C@H]1C(=O)NCC(=O)N2. The molecule has 19 atom stereocenters. The van der Waals surface area contributed by atoms with Gasteiger partial charge in [0.25, 0.3) is 0 Å². The number of aliphatic hydroxyl groups excluding tert-OH is 1. The summed E-state index contributed by atoms with van der Waals surface area (Å²) < 4.78 is 0. The summed E-state index contributed by atoms with van der Waals surface area (Å²) in [6.45, 7) is 13.6. The highest BCUT2D eigenvalue weighted by Gasteiger charge is 2.48. The Morgan fingerprint density at radius 3 is 1.31 bits per heavy atom. The Kier molecular flexibility index (Phi) is 45.1. The highest BCUT2D eigenvalue weighted by atomic mass is 33.1. The smallest absolute Gasteiger partial charge is 0.305 e. The molecule has 0 spiro atoms. The van der Waals surface area contributed by atoms with Gasteiger partial charge in [-0.3, -0.25) is 95.9 Å². The summed E-state index contributed by atoms with van der Waals surface area (Å²) >= 11 is 0. The van der Waals surface area contributed by atoms with Crippen LogP contribution in [0.4, 0.5) is 0 Å². The van der Waals surface area contributed by atoms with E-state index in [1.54, 1.807) is 48.5 Å². The van der Waals surface area contributed by atoms with Crippen molar-refractivity contribution in [1.29, 1.82) is 0 Å². The lowest BCUT2D eigenvalue weighted by molar-refractivity contribution is -0.148. The average Bonchev–Trinajstić information content (AvgIpc) is 1.66. The third kappa shape index (κ3) is 32.7. The number of nitrogens with one attached hydrogen (secondary N) is 15. The number of rotatable bonds is 24. The molecule has 5 fully saturated rings. The molecule has 132 heavy (non-hydrogen) atoms. The van der Waals surface area contributed by atoms with Crippen LogP contribution in [-0.2, 0) is 102 Å². The number of hydrogen-bond acceptors (Lipinski definition) is 26. The molecule has 5 heterocycles. The van der Waals surface area contributed by atoms with Crippen molar-refractivity contribution in [3.8, 4) is 5.75 Å².